The van der Waals surface area contributed by atoms with Crippen molar-refractivity contribution >= 4 is 6.21 Å². The van der Waals surface area contributed by atoms with Crippen LogP contribution < -0.4 is 17.0 Å². The Balaban J connectivity index is 0.00000256. The Bertz CT molecular complexity index is 864. The highest BCUT2D eigenvalue weighted by atomic mass is 79.9. The standard InChI is InChI=1S/C27H35N2.BrH/c1-22(24-15-9-5-10-16-24)29-20-17-26(28-18-11-6-12-19-28)25(27(29,2)3)21-23-13-7-4-8-14-23;/h4-5,7-10,13-17,20,22,25H,6,11-12,18-19,21H2,1-3H3;1H/q+1;/p-1. The van der Waals surface area contributed by atoms with Crippen molar-refractivity contribution in [2.45, 2.75) is 58.0 Å². The van der Waals surface area contributed by atoms with Crippen LogP contribution in [0.4, 0.5) is 0 Å². The molecule has 2 nitrogen and oxygen atoms in total. The van der Waals surface area contributed by atoms with Gasteiger partial charge in [-0.3, -0.25) is 0 Å². The summed E-state index contributed by atoms with van der Waals surface area (Å²) < 4.78 is 2.59. The molecule has 2 unspecified atom stereocenters. The van der Waals surface area contributed by atoms with Crippen LogP contribution in [-0.2, 0) is 6.42 Å². The lowest BCUT2D eigenvalue weighted by Gasteiger charge is -2.43. The predicted octanol–water partition coefficient (Wildman–Crippen LogP) is 2.86. The normalized spacial score (nSPS) is 21.8. The Morgan fingerprint density at radius 3 is 2.17 bits per heavy atom. The molecule has 0 aromatic heterocycles. The van der Waals surface area contributed by atoms with Crippen LogP contribution in [0, 0.1) is 5.92 Å². The lowest BCUT2D eigenvalue weighted by Crippen LogP contribution is -3.00. The first-order chi connectivity index (χ1) is 14.1. The van der Waals surface area contributed by atoms with Gasteiger partial charge in [-0.2, -0.15) is 0 Å². The van der Waals surface area contributed by atoms with E-state index in [2.05, 4.69) is 103 Å². The average Bonchev–Trinajstić information content (AvgIpc) is 2.76. The molecule has 30 heavy (non-hydrogen) atoms. The number of hydrogen-bond donors (Lipinski definition) is 0. The Hall–Kier alpha value is -1.87. The quantitative estimate of drug-likeness (QED) is 0.614. The molecule has 0 saturated carbocycles. The third-order valence-electron chi connectivity index (χ3n) is 6.98. The summed E-state index contributed by atoms with van der Waals surface area (Å²) in [6.07, 6.45) is 9.88. The monoisotopic (exact) mass is 466 g/mol. The second-order valence-corrected chi connectivity index (χ2v) is 9.18. The van der Waals surface area contributed by atoms with Crippen molar-refractivity contribution in [3.05, 3.63) is 83.6 Å². The van der Waals surface area contributed by atoms with Crippen molar-refractivity contribution in [2.75, 3.05) is 13.1 Å². The fourth-order valence-electron chi connectivity index (χ4n) is 5.21. The van der Waals surface area contributed by atoms with Gasteiger partial charge in [-0.05, 0) is 31.2 Å². The second kappa shape index (κ2) is 9.96. The lowest BCUT2D eigenvalue weighted by molar-refractivity contribution is -0.641. The van der Waals surface area contributed by atoms with Gasteiger partial charge in [0.25, 0.3) is 0 Å². The zero-order chi connectivity index (χ0) is 20.3. The Morgan fingerprint density at radius 2 is 1.53 bits per heavy atom. The fraction of sp³-hybridized carbons (Fsp3) is 0.444. The minimum Gasteiger partial charge on any atom is -1.00 e. The van der Waals surface area contributed by atoms with Gasteiger partial charge in [-0.1, -0.05) is 60.7 Å². The van der Waals surface area contributed by atoms with E-state index in [1.165, 1.54) is 49.2 Å². The second-order valence-electron chi connectivity index (χ2n) is 9.18. The number of nitrogens with zero attached hydrogens (tertiary/aromatic N) is 2. The summed E-state index contributed by atoms with van der Waals surface area (Å²) >= 11 is 0. The highest BCUT2D eigenvalue weighted by Gasteiger charge is 2.47. The molecule has 4 rings (SSSR count). The number of halogens is 1. The molecule has 2 heterocycles. The van der Waals surface area contributed by atoms with E-state index >= 15 is 0 Å². The molecule has 2 aliphatic heterocycles. The highest BCUT2D eigenvalue weighted by Crippen LogP contribution is 2.39. The number of piperidine rings is 1. The molecular formula is C27H35BrN2. The summed E-state index contributed by atoms with van der Waals surface area (Å²) in [5.41, 5.74) is 4.38. The van der Waals surface area contributed by atoms with Crippen LogP contribution in [0.5, 0.6) is 0 Å². The maximum Gasteiger partial charge on any atom is 0.175 e. The molecule has 0 spiro atoms. The van der Waals surface area contributed by atoms with E-state index in [4.69, 9.17) is 0 Å². The van der Waals surface area contributed by atoms with Gasteiger partial charge in [-0.15, -0.1) is 0 Å². The molecule has 160 valence electrons. The van der Waals surface area contributed by atoms with Crippen molar-refractivity contribution in [2.24, 2.45) is 5.92 Å². The Labute approximate surface area is 193 Å². The van der Waals surface area contributed by atoms with Gasteiger partial charge in [0.05, 0.1) is 5.92 Å². The molecule has 1 fully saturated rings. The van der Waals surface area contributed by atoms with Crippen molar-refractivity contribution in [1.82, 2.24) is 4.90 Å². The van der Waals surface area contributed by atoms with Gasteiger partial charge in [0, 0.05) is 51.2 Å². The predicted molar refractivity (Wildman–Crippen MR) is 122 cm³/mol. The van der Waals surface area contributed by atoms with Crippen molar-refractivity contribution < 1.29 is 21.6 Å². The Morgan fingerprint density at radius 1 is 0.933 bits per heavy atom. The van der Waals surface area contributed by atoms with Crippen LogP contribution in [0.2, 0.25) is 0 Å². The summed E-state index contributed by atoms with van der Waals surface area (Å²) in [5, 5.41) is 0. The molecule has 1 saturated heterocycles. The summed E-state index contributed by atoms with van der Waals surface area (Å²) in [7, 11) is 0. The topological polar surface area (TPSA) is 6.25 Å². The van der Waals surface area contributed by atoms with Crippen LogP contribution in [0.15, 0.2) is 72.4 Å². The summed E-state index contributed by atoms with van der Waals surface area (Å²) in [4.78, 5) is 2.67. The largest absolute Gasteiger partial charge is 1.00 e. The molecular weight excluding hydrogens is 432 g/mol. The number of benzene rings is 2. The maximum atomic E-state index is 2.67. The van der Waals surface area contributed by atoms with E-state index < -0.39 is 0 Å². The summed E-state index contributed by atoms with van der Waals surface area (Å²) in [6, 6.07) is 22.3. The molecule has 0 bridgehead atoms. The number of rotatable bonds is 5. The summed E-state index contributed by atoms with van der Waals surface area (Å²) in [5.74, 6) is 0.471. The van der Waals surface area contributed by atoms with Crippen molar-refractivity contribution in [3.8, 4) is 0 Å². The number of likely N-dealkylation sites (tertiary alicyclic amines) is 1. The molecule has 0 aliphatic carbocycles. The van der Waals surface area contributed by atoms with Crippen LogP contribution in [0.25, 0.3) is 0 Å². The number of hydrogen-bond acceptors (Lipinski definition) is 1. The van der Waals surface area contributed by atoms with E-state index in [-0.39, 0.29) is 22.5 Å². The van der Waals surface area contributed by atoms with Gasteiger partial charge in [0.1, 0.15) is 0 Å². The minimum atomic E-state index is 0. The summed E-state index contributed by atoms with van der Waals surface area (Å²) in [6.45, 7) is 9.62. The van der Waals surface area contributed by atoms with Gasteiger partial charge in [-0.25, -0.2) is 4.58 Å². The zero-order valence-electron chi connectivity index (χ0n) is 18.6. The molecule has 0 amide bonds. The van der Waals surface area contributed by atoms with Gasteiger partial charge in [0.2, 0.25) is 0 Å². The van der Waals surface area contributed by atoms with E-state index in [0.29, 0.717) is 12.0 Å². The number of allylic oxidation sites excluding steroid dienone is 1. The molecule has 2 aliphatic rings. The molecule has 2 atom stereocenters. The minimum absolute atomic E-state index is 0. The smallest absolute Gasteiger partial charge is 0.175 e. The molecule has 3 heteroatoms. The molecule has 2 aromatic rings. The lowest BCUT2D eigenvalue weighted by atomic mass is 9.76. The van der Waals surface area contributed by atoms with E-state index in [1.54, 1.807) is 0 Å². The fourth-order valence-corrected chi connectivity index (χ4v) is 5.21. The van der Waals surface area contributed by atoms with Crippen molar-refractivity contribution in [3.63, 3.8) is 0 Å². The van der Waals surface area contributed by atoms with Crippen LogP contribution in [0.3, 0.4) is 0 Å². The molecule has 0 N–H and O–H groups in total. The van der Waals surface area contributed by atoms with E-state index in [0.717, 1.165) is 6.42 Å². The van der Waals surface area contributed by atoms with Crippen LogP contribution >= 0.6 is 0 Å². The highest BCUT2D eigenvalue weighted by molar-refractivity contribution is 5.69. The first-order valence-electron chi connectivity index (χ1n) is 11.2. The third kappa shape index (κ3) is 4.72. The molecule has 2 aromatic carbocycles. The van der Waals surface area contributed by atoms with E-state index in [1.807, 2.05) is 0 Å². The first-order valence-corrected chi connectivity index (χ1v) is 11.2. The molecule has 0 radical (unpaired) electrons. The SMILES string of the molecule is CC(c1ccccc1)[N+]1=CC=C(N2CCCCC2)C(Cc2ccccc2)C1(C)C.[Br-]. The van der Waals surface area contributed by atoms with Crippen LogP contribution in [0.1, 0.15) is 57.2 Å². The van der Waals surface area contributed by atoms with Crippen LogP contribution in [-0.4, -0.2) is 34.3 Å². The third-order valence-corrected chi connectivity index (χ3v) is 6.98. The Kier molecular flexibility index (Phi) is 7.57. The van der Waals surface area contributed by atoms with Gasteiger partial charge >= 0.3 is 0 Å². The maximum absolute atomic E-state index is 2.67. The van der Waals surface area contributed by atoms with E-state index in [9.17, 15) is 0 Å². The zero-order valence-corrected chi connectivity index (χ0v) is 20.2. The first kappa shape index (κ1) is 22.8. The van der Waals surface area contributed by atoms with Gasteiger partial charge in [0.15, 0.2) is 17.8 Å². The average molecular weight is 467 g/mol. The van der Waals surface area contributed by atoms with Crippen molar-refractivity contribution in [1.29, 1.82) is 0 Å². The van der Waals surface area contributed by atoms with Gasteiger partial charge < -0.3 is 21.9 Å².